The van der Waals surface area contributed by atoms with E-state index in [9.17, 15) is 9.59 Å². The lowest BCUT2D eigenvalue weighted by molar-refractivity contribution is -0.136. The Labute approximate surface area is 63.6 Å². The average molecular weight is 163 g/mol. The monoisotopic (exact) mass is 162 g/mol. The number of esters is 1. The van der Waals surface area contributed by atoms with Gasteiger partial charge in [-0.2, -0.15) is 0 Å². The van der Waals surface area contributed by atoms with Gasteiger partial charge in [0.05, 0.1) is 7.11 Å². The molecular formula is C6H7ClO3. The molecule has 0 aromatic heterocycles. The molecule has 0 radical (unpaired) electrons. The fraction of sp³-hybridized carbons (Fsp3) is 0.333. The number of rotatable bonds is 2. The van der Waals surface area contributed by atoms with Gasteiger partial charge in [0, 0.05) is 5.03 Å². The van der Waals surface area contributed by atoms with Gasteiger partial charge >= 0.3 is 5.97 Å². The molecule has 10 heavy (non-hydrogen) atoms. The molecule has 0 heterocycles. The lowest BCUT2D eigenvalue weighted by Gasteiger charge is -1.96. The maximum Gasteiger partial charge on any atom is 0.342 e. The molecule has 0 aliphatic carbocycles. The molecule has 0 amide bonds. The molecule has 0 unspecified atom stereocenters. The van der Waals surface area contributed by atoms with Gasteiger partial charge in [-0.25, -0.2) is 4.79 Å². The first-order chi connectivity index (χ1) is 4.63. The Morgan fingerprint density at radius 3 is 2.20 bits per heavy atom. The number of halogens is 1. The minimum Gasteiger partial charge on any atom is -0.465 e. The van der Waals surface area contributed by atoms with Gasteiger partial charge in [-0.1, -0.05) is 11.6 Å². The van der Waals surface area contributed by atoms with Gasteiger partial charge in [0.2, 0.25) is 0 Å². The zero-order chi connectivity index (χ0) is 8.15. The van der Waals surface area contributed by atoms with E-state index in [-0.39, 0.29) is 10.6 Å². The van der Waals surface area contributed by atoms with E-state index in [0.717, 1.165) is 0 Å². The first-order valence-corrected chi connectivity index (χ1v) is 2.91. The minimum atomic E-state index is -0.706. The molecule has 0 aliphatic heterocycles. The number of carbonyl (C=O) groups excluding carboxylic acids is 2. The van der Waals surface area contributed by atoms with Crippen LogP contribution in [0.5, 0.6) is 0 Å². The lowest BCUT2D eigenvalue weighted by atomic mass is 10.3. The van der Waals surface area contributed by atoms with Crippen LogP contribution in [0.15, 0.2) is 10.6 Å². The molecule has 0 atom stereocenters. The van der Waals surface area contributed by atoms with E-state index in [2.05, 4.69) is 4.74 Å². The molecule has 56 valence electrons. The highest BCUT2D eigenvalue weighted by molar-refractivity contribution is 6.33. The largest absolute Gasteiger partial charge is 0.465 e. The molecule has 0 bridgehead atoms. The fourth-order valence-electron chi connectivity index (χ4n) is 0.380. The maximum atomic E-state index is 10.6. The Bertz CT molecular complexity index is 179. The van der Waals surface area contributed by atoms with Crippen LogP contribution < -0.4 is 0 Å². The molecule has 0 rings (SSSR count). The van der Waals surface area contributed by atoms with Crippen molar-refractivity contribution in [2.24, 2.45) is 0 Å². The normalized spacial score (nSPS) is 11.9. The summed E-state index contributed by atoms with van der Waals surface area (Å²) in [5.74, 6) is -0.706. The van der Waals surface area contributed by atoms with E-state index in [1.807, 2.05) is 0 Å². The molecule has 0 aromatic rings. The second-order valence-electron chi connectivity index (χ2n) is 1.56. The van der Waals surface area contributed by atoms with Crippen LogP contribution in [0.2, 0.25) is 0 Å². The molecule has 0 N–H and O–H groups in total. The summed E-state index contributed by atoms with van der Waals surface area (Å²) in [5, 5.41) is 0.141. The minimum absolute atomic E-state index is 0.135. The molecule has 3 nitrogen and oxygen atoms in total. The third-order valence-electron chi connectivity index (χ3n) is 0.894. The van der Waals surface area contributed by atoms with Gasteiger partial charge in [-0.15, -0.1) is 0 Å². The average Bonchev–Trinajstić information content (AvgIpc) is 1.88. The number of carbonyl (C=O) groups is 2. The van der Waals surface area contributed by atoms with Crippen molar-refractivity contribution >= 4 is 23.9 Å². The number of hydrogen-bond donors (Lipinski definition) is 0. The number of aldehydes is 1. The predicted octanol–water partition coefficient (Wildman–Crippen LogP) is 0.871. The van der Waals surface area contributed by atoms with Gasteiger partial charge in [0.15, 0.2) is 6.29 Å². The van der Waals surface area contributed by atoms with Crippen molar-refractivity contribution in [3.8, 4) is 0 Å². The molecule has 0 saturated carbocycles. The summed E-state index contributed by atoms with van der Waals surface area (Å²) in [6.45, 7) is 1.45. The van der Waals surface area contributed by atoms with Gasteiger partial charge in [0.1, 0.15) is 5.57 Å². The first-order valence-electron chi connectivity index (χ1n) is 2.53. The summed E-state index contributed by atoms with van der Waals surface area (Å²) in [6, 6.07) is 0. The Hall–Kier alpha value is -0.830. The standard InChI is InChI=1S/C6H7ClO3/c1-4(7)5(3-8)6(9)10-2/h3H,1-2H3/b5-4-. The highest BCUT2D eigenvalue weighted by Crippen LogP contribution is 2.06. The number of methoxy groups -OCH3 is 1. The molecular weight excluding hydrogens is 156 g/mol. The van der Waals surface area contributed by atoms with Crippen molar-refractivity contribution in [2.45, 2.75) is 6.92 Å². The van der Waals surface area contributed by atoms with Crippen molar-refractivity contribution in [2.75, 3.05) is 7.11 Å². The van der Waals surface area contributed by atoms with Gasteiger partial charge < -0.3 is 4.74 Å². The summed E-state index contributed by atoms with van der Waals surface area (Å²) in [5.41, 5.74) is -0.135. The Morgan fingerprint density at radius 2 is 2.10 bits per heavy atom. The predicted molar refractivity (Wildman–Crippen MR) is 36.6 cm³/mol. The van der Waals surface area contributed by atoms with Crippen LogP contribution >= 0.6 is 11.6 Å². The topological polar surface area (TPSA) is 43.4 Å². The Morgan fingerprint density at radius 1 is 1.60 bits per heavy atom. The van der Waals surface area contributed by atoms with E-state index in [1.165, 1.54) is 14.0 Å². The van der Waals surface area contributed by atoms with Crippen LogP contribution in [0.25, 0.3) is 0 Å². The summed E-state index contributed by atoms with van der Waals surface area (Å²) in [7, 11) is 1.19. The van der Waals surface area contributed by atoms with Gasteiger partial charge in [-0.3, -0.25) is 4.79 Å². The van der Waals surface area contributed by atoms with E-state index in [0.29, 0.717) is 6.29 Å². The number of allylic oxidation sites excluding steroid dienone is 1. The van der Waals surface area contributed by atoms with Crippen molar-refractivity contribution in [3.63, 3.8) is 0 Å². The SMILES string of the molecule is COC(=O)/C(C=O)=C(/C)Cl. The van der Waals surface area contributed by atoms with E-state index in [1.54, 1.807) is 0 Å². The van der Waals surface area contributed by atoms with E-state index >= 15 is 0 Å². The van der Waals surface area contributed by atoms with Crippen molar-refractivity contribution in [3.05, 3.63) is 10.6 Å². The fourth-order valence-corrected chi connectivity index (χ4v) is 0.502. The van der Waals surface area contributed by atoms with Crippen LogP contribution in [0.3, 0.4) is 0 Å². The van der Waals surface area contributed by atoms with Crippen LogP contribution in [0.4, 0.5) is 0 Å². The third kappa shape index (κ3) is 2.19. The highest BCUT2D eigenvalue weighted by Gasteiger charge is 2.10. The smallest absolute Gasteiger partial charge is 0.342 e. The lowest BCUT2D eigenvalue weighted by Crippen LogP contribution is -2.06. The van der Waals surface area contributed by atoms with Crippen molar-refractivity contribution in [1.82, 2.24) is 0 Å². The number of hydrogen-bond acceptors (Lipinski definition) is 3. The summed E-state index contributed by atoms with van der Waals surface area (Å²) < 4.78 is 4.25. The Kier molecular flexibility index (Phi) is 3.72. The van der Waals surface area contributed by atoms with Crippen LogP contribution in [-0.2, 0) is 14.3 Å². The summed E-state index contributed by atoms with van der Waals surface area (Å²) in [6.07, 6.45) is 0.369. The van der Waals surface area contributed by atoms with E-state index < -0.39 is 5.97 Å². The molecule has 0 aliphatic rings. The quantitative estimate of drug-likeness (QED) is 0.199. The Balaban J connectivity index is 4.53. The number of ether oxygens (including phenoxy) is 1. The summed E-state index contributed by atoms with van der Waals surface area (Å²) >= 11 is 5.37. The summed E-state index contributed by atoms with van der Waals surface area (Å²) in [4.78, 5) is 20.7. The van der Waals surface area contributed by atoms with Crippen molar-refractivity contribution < 1.29 is 14.3 Å². The van der Waals surface area contributed by atoms with Crippen LogP contribution in [-0.4, -0.2) is 19.4 Å². The van der Waals surface area contributed by atoms with Gasteiger partial charge in [-0.05, 0) is 6.92 Å². The van der Waals surface area contributed by atoms with Crippen LogP contribution in [0.1, 0.15) is 6.92 Å². The molecule has 4 heteroatoms. The second-order valence-corrected chi connectivity index (χ2v) is 2.12. The molecule has 0 saturated heterocycles. The second kappa shape index (κ2) is 4.06. The molecule has 0 spiro atoms. The zero-order valence-electron chi connectivity index (χ0n) is 5.68. The molecule has 0 aromatic carbocycles. The third-order valence-corrected chi connectivity index (χ3v) is 1.10. The molecule has 0 fully saturated rings. The first kappa shape index (κ1) is 9.17. The van der Waals surface area contributed by atoms with Gasteiger partial charge in [0.25, 0.3) is 0 Å². The maximum absolute atomic E-state index is 10.6. The van der Waals surface area contributed by atoms with Crippen LogP contribution in [0, 0.1) is 0 Å². The van der Waals surface area contributed by atoms with Crippen molar-refractivity contribution in [1.29, 1.82) is 0 Å². The highest BCUT2D eigenvalue weighted by atomic mass is 35.5. The van der Waals surface area contributed by atoms with E-state index in [4.69, 9.17) is 11.6 Å². The zero-order valence-corrected chi connectivity index (χ0v) is 6.44.